The molecule has 0 aromatic carbocycles. The molecular weight excluding hydrogens is 995 g/mol. The highest BCUT2D eigenvalue weighted by atomic mass is 31.2. The van der Waals surface area contributed by atoms with Gasteiger partial charge in [0.15, 0.2) is 12.2 Å². The fourth-order valence-corrected chi connectivity index (χ4v) is 9.52. The Labute approximate surface area is 447 Å². The van der Waals surface area contributed by atoms with Gasteiger partial charge in [0.05, 0.1) is 26.4 Å². The molecule has 17 nitrogen and oxygen atoms in total. The zero-order valence-corrected chi connectivity index (χ0v) is 48.9. The van der Waals surface area contributed by atoms with Crippen molar-refractivity contribution >= 4 is 39.5 Å². The zero-order valence-electron chi connectivity index (χ0n) is 47.1. The summed E-state index contributed by atoms with van der Waals surface area (Å²) in [6, 6.07) is 0. The Morgan fingerprint density at radius 3 is 0.919 bits per heavy atom. The first-order valence-corrected chi connectivity index (χ1v) is 32.0. The third-order valence-corrected chi connectivity index (χ3v) is 14.4. The molecule has 0 saturated heterocycles. The molecule has 0 aliphatic rings. The Morgan fingerprint density at radius 1 is 0.365 bits per heavy atom. The molecule has 0 fully saturated rings. The van der Waals surface area contributed by atoms with Gasteiger partial charge in [-0.25, -0.2) is 9.13 Å². The van der Waals surface area contributed by atoms with Crippen LogP contribution in [0, 0.1) is 11.8 Å². The van der Waals surface area contributed by atoms with Crippen LogP contribution in [0.5, 0.6) is 0 Å². The molecule has 5 atom stereocenters. The Bertz CT molecular complexity index is 1480. The predicted octanol–water partition coefficient (Wildman–Crippen LogP) is 14.1. The molecule has 3 N–H and O–H groups in total. The maximum absolute atomic E-state index is 12.9. The number of ether oxygens (including phenoxy) is 4. The largest absolute Gasteiger partial charge is 0.472 e. The van der Waals surface area contributed by atoms with E-state index in [1.54, 1.807) is 0 Å². The number of phosphoric ester groups is 2. The van der Waals surface area contributed by atoms with Gasteiger partial charge in [0.2, 0.25) is 0 Å². The molecule has 0 radical (unpaired) electrons. The predicted molar refractivity (Wildman–Crippen MR) is 289 cm³/mol. The molecule has 19 heteroatoms. The van der Waals surface area contributed by atoms with E-state index in [-0.39, 0.29) is 25.7 Å². The quantitative estimate of drug-likeness (QED) is 0.0222. The minimum atomic E-state index is -4.93. The van der Waals surface area contributed by atoms with Crippen LogP contribution in [0.1, 0.15) is 260 Å². The van der Waals surface area contributed by atoms with E-state index in [1.807, 2.05) is 0 Å². The van der Waals surface area contributed by atoms with Crippen LogP contribution < -0.4 is 0 Å². The first-order chi connectivity index (χ1) is 35.4. The second-order valence-electron chi connectivity index (χ2n) is 20.9. The van der Waals surface area contributed by atoms with Gasteiger partial charge in [-0.1, -0.05) is 208 Å². The molecule has 438 valence electrons. The van der Waals surface area contributed by atoms with E-state index in [9.17, 15) is 43.2 Å². The molecule has 0 heterocycles. The highest BCUT2D eigenvalue weighted by molar-refractivity contribution is 7.47. The van der Waals surface area contributed by atoms with Crippen molar-refractivity contribution in [3.63, 3.8) is 0 Å². The van der Waals surface area contributed by atoms with Gasteiger partial charge in [-0.2, -0.15) is 0 Å². The Balaban J connectivity index is 5.15. The van der Waals surface area contributed by atoms with Crippen LogP contribution in [-0.2, 0) is 65.4 Å². The van der Waals surface area contributed by atoms with E-state index in [0.29, 0.717) is 25.7 Å². The Kier molecular flexibility index (Phi) is 46.9. The average Bonchev–Trinajstić information content (AvgIpc) is 3.35. The summed E-state index contributed by atoms with van der Waals surface area (Å²) in [5.74, 6) is -0.689. The van der Waals surface area contributed by atoms with Gasteiger partial charge in [0.25, 0.3) is 0 Å². The summed E-state index contributed by atoms with van der Waals surface area (Å²) in [4.78, 5) is 71.3. The molecule has 0 aliphatic heterocycles. The summed E-state index contributed by atoms with van der Waals surface area (Å²) in [6.07, 6.45) is 27.4. The van der Waals surface area contributed by atoms with Crippen LogP contribution in [-0.4, -0.2) is 96.7 Å². The first kappa shape index (κ1) is 72.1. The van der Waals surface area contributed by atoms with E-state index in [4.69, 9.17) is 37.0 Å². The summed E-state index contributed by atoms with van der Waals surface area (Å²) in [5, 5.41) is 10.4. The van der Waals surface area contributed by atoms with Gasteiger partial charge in [0.1, 0.15) is 19.3 Å². The standard InChI is InChI=1S/C55H106O17P2/c1-7-9-11-23-31-37-52(57)65-43-50(71-54(59)39-33-24-12-10-8-2)45-69-73(61,62)67-41-49(56)42-68-74(63,64)70-46-51(72-55(60)40-34-28-22-18-14-16-20-26-30-36-48(5)6)44-66-53(58)38-32-27-21-17-13-15-19-25-29-35-47(3)4/h47-51,56H,7-46H2,1-6H3,(H,61,62)(H,63,64)/t49-,50+,51+/m0/s1. The van der Waals surface area contributed by atoms with Crippen LogP contribution in [0.2, 0.25) is 0 Å². The molecule has 0 amide bonds. The van der Waals surface area contributed by atoms with Crippen LogP contribution in [0.4, 0.5) is 0 Å². The van der Waals surface area contributed by atoms with Crippen molar-refractivity contribution in [3.05, 3.63) is 0 Å². The topological polar surface area (TPSA) is 237 Å². The number of esters is 4. The molecular formula is C55H106O17P2. The number of phosphoric acid groups is 2. The second kappa shape index (κ2) is 48.2. The summed E-state index contributed by atoms with van der Waals surface area (Å²) in [5.41, 5.74) is 0. The minimum Gasteiger partial charge on any atom is -0.462 e. The molecule has 0 aromatic rings. The molecule has 0 rings (SSSR count). The van der Waals surface area contributed by atoms with Crippen LogP contribution in [0.25, 0.3) is 0 Å². The van der Waals surface area contributed by atoms with Crippen LogP contribution in [0.3, 0.4) is 0 Å². The van der Waals surface area contributed by atoms with E-state index in [1.165, 1.54) is 70.6 Å². The third kappa shape index (κ3) is 49.6. The van der Waals surface area contributed by atoms with E-state index in [2.05, 4.69) is 41.5 Å². The van der Waals surface area contributed by atoms with Gasteiger partial charge in [0, 0.05) is 25.7 Å². The molecule has 0 aromatic heterocycles. The molecule has 0 spiro atoms. The van der Waals surface area contributed by atoms with Crippen molar-refractivity contribution in [3.8, 4) is 0 Å². The van der Waals surface area contributed by atoms with Crippen molar-refractivity contribution < 1.29 is 80.2 Å². The Morgan fingerprint density at radius 2 is 0.622 bits per heavy atom. The van der Waals surface area contributed by atoms with Crippen molar-refractivity contribution in [2.75, 3.05) is 39.6 Å². The number of aliphatic hydroxyl groups is 1. The van der Waals surface area contributed by atoms with E-state index in [0.717, 1.165) is 108 Å². The number of hydrogen-bond acceptors (Lipinski definition) is 15. The second-order valence-corrected chi connectivity index (χ2v) is 23.8. The van der Waals surface area contributed by atoms with Crippen molar-refractivity contribution in [2.45, 2.75) is 278 Å². The minimum absolute atomic E-state index is 0.0983. The number of hydrogen-bond donors (Lipinski definition) is 3. The molecule has 0 bridgehead atoms. The fourth-order valence-electron chi connectivity index (χ4n) is 7.94. The highest BCUT2D eigenvalue weighted by Gasteiger charge is 2.30. The van der Waals surface area contributed by atoms with Gasteiger partial charge in [-0.15, -0.1) is 0 Å². The van der Waals surface area contributed by atoms with Gasteiger partial charge in [-0.3, -0.25) is 37.3 Å². The number of aliphatic hydroxyl groups excluding tert-OH is 1. The highest BCUT2D eigenvalue weighted by Crippen LogP contribution is 2.45. The number of rotatable bonds is 54. The molecule has 0 saturated carbocycles. The van der Waals surface area contributed by atoms with Crippen LogP contribution >= 0.6 is 15.6 Å². The monoisotopic (exact) mass is 1100 g/mol. The summed E-state index contributed by atoms with van der Waals surface area (Å²) < 4.78 is 67.2. The van der Waals surface area contributed by atoms with Gasteiger partial charge < -0.3 is 33.8 Å². The smallest absolute Gasteiger partial charge is 0.462 e. The number of unbranched alkanes of at least 4 members (excludes halogenated alkanes) is 24. The van der Waals surface area contributed by atoms with Crippen LogP contribution in [0.15, 0.2) is 0 Å². The lowest BCUT2D eigenvalue weighted by Gasteiger charge is -2.21. The summed E-state index contributed by atoms with van der Waals surface area (Å²) in [6.45, 7) is 9.19. The lowest BCUT2D eigenvalue weighted by Crippen LogP contribution is -2.30. The van der Waals surface area contributed by atoms with E-state index < -0.39 is 97.5 Å². The molecule has 0 aliphatic carbocycles. The maximum Gasteiger partial charge on any atom is 0.472 e. The molecule has 2 unspecified atom stereocenters. The average molecular weight is 1100 g/mol. The SMILES string of the molecule is CCCCCCCC(=O)OC[C@H](COP(=O)(O)OC[C@H](O)COP(=O)(O)OC[C@@H](COC(=O)CCCCCCCCCCCC(C)C)OC(=O)CCCCCCCCCCCC(C)C)OC(=O)CCCCCCC. The van der Waals surface area contributed by atoms with Gasteiger partial charge in [-0.05, 0) is 37.5 Å². The van der Waals surface area contributed by atoms with Crippen molar-refractivity contribution in [1.82, 2.24) is 0 Å². The molecule has 74 heavy (non-hydrogen) atoms. The third-order valence-electron chi connectivity index (χ3n) is 12.5. The maximum atomic E-state index is 12.9. The number of carbonyl (C=O) groups excluding carboxylic acids is 4. The Hall–Kier alpha value is -1.94. The summed E-state index contributed by atoms with van der Waals surface area (Å²) in [7, 11) is -9.85. The number of carbonyl (C=O) groups is 4. The van der Waals surface area contributed by atoms with Crippen molar-refractivity contribution in [2.24, 2.45) is 11.8 Å². The zero-order chi connectivity index (χ0) is 55.1. The van der Waals surface area contributed by atoms with Crippen molar-refractivity contribution in [1.29, 1.82) is 0 Å². The van der Waals surface area contributed by atoms with E-state index >= 15 is 0 Å². The lowest BCUT2D eigenvalue weighted by atomic mass is 10.0. The summed E-state index contributed by atoms with van der Waals surface area (Å²) >= 11 is 0. The normalized spacial score (nSPS) is 14.6. The first-order valence-electron chi connectivity index (χ1n) is 29.0. The van der Waals surface area contributed by atoms with Gasteiger partial charge >= 0.3 is 39.5 Å². The fraction of sp³-hybridized carbons (Fsp3) is 0.927. The lowest BCUT2D eigenvalue weighted by molar-refractivity contribution is -0.161.